The van der Waals surface area contributed by atoms with Crippen LogP contribution < -0.4 is 14.8 Å². The maximum atomic E-state index is 11.7. The number of aliphatic hydroxyl groups is 1. The molecule has 106 valence electrons. The molecule has 19 heavy (non-hydrogen) atoms. The van der Waals surface area contributed by atoms with Crippen LogP contribution in [-0.4, -0.2) is 50.5 Å². The Morgan fingerprint density at radius 2 is 2.11 bits per heavy atom. The number of urea groups is 1. The lowest BCUT2D eigenvalue weighted by atomic mass is 10.2. The monoisotopic (exact) mass is 268 g/mol. The molecule has 0 saturated heterocycles. The number of likely N-dealkylation sites (N-methyl/N-ethyl adjacent to an activating group) is 1. The minimum Gasteiger partial charge on any atom is -0.497 e. The largest absolute Gasteiger partial charge is 0.497 e. The van der Waals surface area contributed by atoms with E-state index in [1.54, 1.807) is 33.4 Å². The standard InChI is InChI=1S/C13H20N2O4/c1-15(6-7-16)13(17)14-9-10-8-11(18-2)4-5-12(10)19-3/h4-5,8,16H,6-7,9H2,1-3H3,(H,14,17). The van der Waals surface area contributed by atoms with Crippen molar-refractivity contribution in [2.24, 2.45) is 0 Å². The summed E-state index contributed by atoms with van der Waals surface area (Å²) in [5.74, 6) is 1.39. The first-order valence-corrected chi connectivity index (χ1v) is 5.93. The number of nitrogens with one attached hydrogen (secondary N) is 1. The molecular formula is C13H20N2O4. The summed E-state index contributed by atoms with van der Waals surface area (Å²) >= 11 is 0. The summed E-state index contributed by atoms with van der Waals surface area (Å²) in [6.45, 7) is 0.558. The summed E-state index contributed by atoms with van der Waals surface area (Å²) < 4.78 is 10.4. The number of carbonyl (C=O) groups excluding carboxylic acids is 1. The Kier molecular flexibility index (Phi) is 5.95. The number of hydrogen-bond donors (Lipinski definition) is 2. The van der Waals surface area contributed by atoms with Gasteiger partial charge in [-0.3, -0.25) is 0 Å². The number of carbonyl (C=O) groups is 1. The third-order valence-corrected chi connectivity index (χ3v) is 2.70. The van der Waals surface area contributed by atoms with E-state index in [4.69, 9.17) is 14.6 Å². The molecule has 0 spiro atoms. The molecule has 1 aromatic rings. The molecule has 1 aromatic carbocycles. The van der Waals surface area contributed by atoms with Crippen LogP contribution in [0.5, 0.6) is 11.5 Å². The number of aliphatic hydroxyl groups excluding tert-OH is 1. The van der Waals surface area contributed by atoms with Crippen LogP contribution in [0.2, 0.25) is 0 Å². The first kappa shape index (κ1) is 15.1. The Bertz CT molecular complexity index is 423. The van der Waals surface area contributed by atoms with E-state index < -0.39 is 0 Å². The van der Waals surface area contributed by atoms with Crippen molar-refractivity contribution in [2.45, 2.75) is 6.54 Å². The van der Waals surface area contributed by atoms with Gasteiger partial charge in [0, 0.05) is 25.7 Å². The van der Waals surface area contributed by atoms with Crippen LogP contribution in [0.3, 0.4) is 0 Å². The molecule has 0 radical (unpaired) electrons. The predicted octanol–water partition coefficient (Wildman–Crippen LogP) is 0.837. The second-order valence-electron chi connectivity index (χ2n) is 3.98. The maximum Gasteiger partial charge on any atom is 0.317 e. The smallest absolute Gasteiger partial charge is 0.317 e. The predicted molar refractivity (Wildman–Crippen MR) is 71.5 cm³/mol. The summed E-state index contributed by atoms with van der Waals surface area (Å²) in [6, 6.07) is 5.14. The molecule has 2 amide bonds. The number of amides is 2. The minimum atomic E-state index is -0.251. The number of rotatable bonds is 6. The first-order chi connectivity index (χ1) is 9.12. The van der Waals surface area contributed by atoms with Gasteiger partial charge in [-0.1, -0.05) is 0 Å². The topological polar surface area (TPSA) is 71.0 Å². The van der Waals surface area contributed by atoms with Crippen molar-refractivity contribution in [3.8, 4) is 11.5 Å². The zero-order chi connectivity index (χ0) is 14.3. The summed E-state index contributed by atoms with van der Waals surface area (Å²) in [5.41, 5.74) is 0.826. The summed E-state index contributed by atoms with van der Waals surface area (Å²) in [5, 5.41) is 11.5. The molecule has 0 aliphatic heterocycles. The normalized spacial score (nSPS) is 9.89. The van der Waals surface area contributed by atoms with E-state index in [9.17, 15) is 4.79 Å². The molecule has 0 bridgehead atoms. The minimum absolute atomic E-state index is 0.0631. The van der Waals surface area contributed by atoms with Gasteiger partial charge < -0.3 is 24.8 Å². The molecule has 6 heteroatoms. The van der Waals surface area contributed by atoms with Crippen LogP contribution >= 0.6 is 0 Å². The lowest BCUT2D eigenvalue weighted by Gasteiger charge is -2.17. The SMILES string of the molecule is COc1ccc(OC)c(CNC(=O)N(C)CCO)c1. The fourth-order valence-electron chi connectivity index (χ4n) is 1.58. The summed E-state index contributed by atoms with van der Waals surface area (Å²) in [4.78, 5) is 13.1. The molecule has 0 atom stereocenters. The van der Waals surface area contributed by atoms with Crippen LogP contribution in [0.15, 0.2) is 18.2 Å². The molecule has 0 aliphatic carbocycles. The molecular weight excluding hydrogens is 248 g/mol. The van der Waals surface area contributed by atoms with Crippen molar-refractivity contribution >= 4 is 6.03 Å². The van der Waals surface area contributed by atoms with Gasteiger partial charge in [0.2, 0.25) is 0 Å². The fraction of sp³-hybridized carbons (Fsp3) is 0.462. The number of ether oxygens (including phenoxy) is 2. The zero-order valence-corrected chi connectivity index (χ0v) is 11.5. The van der Waals surface area contributed by atoms with Crippen molar-refractivity contribution in [1.29, 1.82) is 0 Å². The van der Waals surface area contributed by atoms with E-state index in [2.05, 4.69) is 5.32 Å². The molecule has 0 unspecified atom stereocenters. The third kappa shape index (κ3) is 4.33. The molecule has 0 saturated carbocycles. The lowest BCUT2D eigenvalue weighted by Crippen LogP contribution is -2.38. The molecule has 0 aliphatic rings. The van der Waals surface area contributed by atoms with E-state index >= 15 is 0 Å². The Morgan fingerprint density at radius 3 is 2.68 bits per heavy atom. The molecule has 0 aromatic heterocycles. The van der Waals surface area contributed by atoms with Gasteiger partial charge in [-0.05, 0) is 18.2 Å². The highest BCUT2D eigenvalue weighted by Gasteiger charge is 2.10. The summed E-state index contributed by atoms with van der Waals surface area (Å²) in [6.07, 6.45) is 0. The van der Waals surface area contributed by atoms with Crippen molar-refractivity contribution < 1.29 is 19.4 Å². The van der Waals surface area contributed by atoms with Crippen LogP contribution in [0, 0.1) is 0 Å². The average Bonchev–Trinajstić information content (AvgIpc) is 2.44. The maximum absolute atomic E-state index is 11.7. The highest BCUT2D eigenvalue weighted by molar-refractivity contribution is 5.73. The van der Waals surface area contributed by atoms with Gasteiger partial charge in [0.15, 0.2) is 0 Å². The van der Waals surface area contributed by atoms with Gasteiger partial charge in [0.1, 0.15) is 11.5 Å². The van der Waals surface area contributed by atoms with Crippen molar-refractivity contribution in [3.63, 3.8) is 0 Å². The van der Waals surface area contributed by atoms with Crippen LogP contribution in [0.1, 0.15) is 5.56 Å². The Hall–Kier alpha value is -1.95. The third-order valence-electron chi connectivity index (χ3n) is 2.70. The van der Waals surface area contributed by atoms with E-state index in [-0.39, 0.29) is 12.6 Å². The van der Waals surface area contributed by atoms with Gasteiger partial charge >= 0.3 is 6.03 Å². The number of hydrogen-bond acceptors (Lipinski definition) is 4. The summed E-state index contributed by atoms with van der Waals surface area (Å²) in [7, 11) is 4.78. The Morgan fingerprint density at radius 1 is 1.37 bits per heavy atom. The fourth-order valence-corrected chi connectivity index (χ4v) is 1.58. The molecule has 0 heterocycles. The van der Waals surface area contributed by atoms with Crippen molar-refractivity contribution in [1.82, 2.24) is 10.2 Å². The second-order valence-corrected chi connectivity index (χ2v) is 3.98. The van der Waals surface area contributed by atoms with E-state index in [0.717, 1.165) is 5.56 Å². The Balaban J connectivity index is 2.68. The highest BCUT2D eigenvalue weighted by atomic mass is 16.5. The van der Waals surface area contributed by atoms with E-state index in [0.29, 0.717) is 24.6 Å². The second kappa shape index (κ2) is 7.48. The van der Waals surface area contributed by atoms with Gasteiger partial charge in [-0.25, -0.2) is 4.79 Å². The van der Waals surface area contributed by atoms with Crippen LogP contribution in [0.25, 0.3) is 0 Å². The molecule has 2 N–H and O–H groups in total. The van der Waals surface area contributed by atoms with Crippen molar-refractivity contribution in [2.75, 3.05) is 34.4 Å². The number of methoxy groups -OCH3 is 2. The molecule has 6 nitrogen and oxygen atoms in total. The van der Waals surface area contributed by atoms with Crippen LogP contribution in [0.4, 0.5) is 4.79 Å². The lowest BCUT2D eigenvalue weighted by molar-refractivity contribution is 0.190. The first-order valence-electron chi connectivity index (χ1n) is 5.93. The van der Waals surface area contributed by atoms with Gasteiger partial charge in [0.05, 0.1) is 20.8 Å². The number of nitrogens with zero attached hydrogens (tertiary/aromatic N) is 1. The van der Waals surface area contributed by atoms with Gasteiger partial charge in [-0.15, -0.1) is 0 Å². The highest BCUT2D eigenvalue weighted by Crippen LogP contribution is 2.23. The quantitative estimate of drug-likeness (QED) is 0.802. The van der Waals surface area contributed by atoms with Gasteiger partial charge in [-0.2, -0.15) is 0 Å². The molecule has 1 rings (SSSR count). The average molecular weight is 268 g/mol. The molecule has 0 fully saturated rings. The Labute approximate surface area is 112 Å². The van der Waals surface area contributed by atoms with Crippen molar-refractivity contribution in [3.05, 3.63) is 23.8 Å². The number of benzene rings is 1. The van der Waals surface area contributed by atoms with E-state index in [1.807, 2.05) is 6.07 Å². The zero-order valence-electron chi connectivity index (χ0n) is 11.5. The van der Waals surface area contributed by atoms with Crippen LogP contribution in [-0.2, 0) is 6.54 Å². The van der Waals surface area contributed by atoms with E-state index in [1.165, 1.54) is 4.90 Å². The van der Waals surface area contributed by atoms with Gasteiger partial charge in [0.25, 0.3) is 0 Å².